The Balaban J connectivity index is 1.64. The number of fused-ring (bicyclic) bond motifs is 2. The van der Waals surface area contributed by atoms with Crippen molar-refractivity contribution >= 4 is 0 Å². The monoisotopic (exact) mass is 250 g/mol. The topological polar surface area (TPSA) is 29.3 Å². The molecule has 0 aromatic rings. The van der Waals surface area contributed by atoms with E-state index in [2.05, 4.69) is 11.8 Å². The molecule has 104 valence electrons. The minimum absolute atomic E-state index is 0.493. The largest absolute Gasteiger partial charge is 0.328 e. The zero-order valence-corrected chi connectivity index (χ0v) is 12.0. The average molecular weight is 250 g/mol. The van der Waals surface area contributed by atoms with Gasteiger partial charge in [0.15, 0.2) is 0 Å². The van der Waals surface area contributed by atoms with Crippen LogP contribution in [-0.2, 0) is 0 Å². The zero-order chi connectivity index (χ0) is 12.5. The molecule has 0 amide bonds. The van der Waals surface area contributed by atoms with Crippen molar-refractivity contribution < 1.29 is 0 Å². The Hall–Kier alpha value is -0.0800. The molecule has 18 heavy (non-hydrogen) atoms. The molecule has 2 saturated heterocycles. The molecule has 2 heteroatoms. The van der Waals surface area contributed by atoms with Gasteiger partial charge in [-0.15, -0.1) is 0 Å². The second-order valence-electron chi connectivity index (χ2n) is 7.00. The summed E-state index contributed by atoms with van der Waals surface area (Å²) in [4.78, 5) is 2.92. The predicted octanol–water partition coefficient (Wildman–Crippen LogP) is 3.30. The molecule has 4 unspecified atom stereocenters. The van der Waals surface area contributed by atoms with Gasteiger partial charge in [-0.05, 0) is 50.9 Å². The van der Waals surface area contributed by atoms with E-state index in [0.29, 0.717) is 6.04 Å². The molecule has 2 nitrogen and oxygen atoms in total. The van der Waals surface area contributed by atoms with Crippen LogP contribution in [0.5, 0.6) is 0 Å². The van der Waals surface area contributed by atoms with Gasteiger partial charge in [0.2, 0.25) is 0 Å². The Labute approximate surface area is 112 Å². The van der Waals surface area contributed by atoms with E-state index in [4.69, 9.17) is 5.73 Å². The molecule has 0 spiro atoms. The minimum atomic E-state index is 0.493. The first-order valence-electron chi connectivity index (χ1n) is 8.31. The molecule has 2 aliphatic heterocycles. The first-order chi connectivity index (χ1) is 8.78. The number of hydrogen-bond donors (Lipinski definition) is 1. The smallest absolute Gasteiger partial charge is 0.0116 e. The van der Waals surface area contributed by atoms with E-state index in [-0.39, 0.29) is 0 Å². The first kappa shape index (κ1) is 12.9. The average Bonchev–Trinajstić information content (AvgIpc) is 2.58. The molecule has 2 N–H and O–H groups in total. The molecular formula is C16H30N2. The van der Waals surface area contributed by atoms with Crippen molar-refractivity contribution in [3.05, 3.63) is 0 Å². The van der Waals surface area contributed by atoms with Crippen LogP contribution < -0.4 is 5.73 Å². The summed E-state index contributed by atoms with van der Waals surface area (Å²) in [7, 11) is 0. The third-order valence-corrected chi connectivity index (χ3v) is 5.88. The summed E-state index contributed by atoms with van der Waals surface area (Å²) in [5.41, 5.74) is 6.20. The molecule has 2 heterocycles. The summed E-state index contributed by atoms with van der Waals surface area (Å²) in [5.74, 6) is 1.01. The third-order valence-electron chi connectivity index (χ3n) is 5.88. The van der Waals surface area contributed by atoms with Gasteiger partial charge in [0.1, 0.15) is 0 Å². The van der Waals surface area contributed by atoms with Crippen LogP contribution in [0.3, 0.4) is 0 Å². The maximum Gasteiger partial charge on any atom is 0.0116 e. The third kappa shape index (κ3) is 2.46. The maximum atomic E-state index is 6.20. The Kier molecular flexibility index (Phi) is 3.95. The number of hydrogen-bond acceptors (Lipinski definition) is 2. The standard InChI is InChI=1S/C16H30N2/c1-2-12-4-3-5-14(7-6-12)18-15-8-9-16(18)11-13(17)10-15/h12-16H,2-11,17H2,1H3. The van der Waals surface area contributed by atoms with Gasteiger partial charge in [0.05, 0.1) is 0 Å². The molecule has 0 radical (unpaired) electrons. The van der Waals surface area contributed by atoms with Gasteiger partial charge < -0.3 is 5.73 Å². The lowest BCUT2D eigenvalue weighted by atomic mass is 9.93. The van der Waals surface area contributed by atoms with Crippen molar-refractivity contribution in [1.82, 2.24) is 4.90 Å². The van der Waals surface area contributed by atoms with Gasteiger partial charge in [-0.1, -0.05) is 26.2 Å². The van der Waals surface area contributed by atoms with Gasteiger partial charge >= 0.3 is 0 Å². The van der Waals surface area contributed by atoms with Crippen molar-refractivity contribution in [2.45, 2.75) is 95.3 Å². The summed E-state index contributed by atoms with van der Waals surface area (Å²) in [6, 6.07) is 3.06. The van der Waals surface area contributed by atoms with Crippen LogP contribution in [-0.4, -0.2) is 29.1 Å². The quantitative estimate of drug-likeness (QED) is 0.762. The van der Waals surface area contributed by atoms with Crippen molar-refractivity contribution in [2.75, 3.05) is 0 Å². The highest BCUT2D eigenvalue weighted by Crippen LogP contribution is 2.40. The second kappa shape index (κ2) is 5.50. The maximum absolute atomic E-state index is 6.20. The summed E-state index contributed by atoms with van der Waals surface area (Å²) in [5, 5.41) is 0. The first-order valence-corrected chi connectivity index (χ1v) is 8.31. The van der Waals surface area contributed by atoms with Gasteiger partial charge in [-0.25, -0.2) is 0 Å². The highest BCUT2D eigenvalue weighted by molar-refractivity contribution is 4.99. The van der Waals surface area contributed by atoms with Crippen molar-refractivity contribution in [3.63, 3.8) is 0 Å². The summed E-state index contributed by atoms with van der Waals surface area (Å²) >= 11 is 0. The highest BCUT2D eigenvalue weighted by Gasteiger charge is 2.42. The molecular weight excluding hydrogens is 220 g/mol. The molecule has 4 atom stereocenters. The fourth-order valence-corrected chi connectivity index (χ4v) is 4.92. The lowest BCUT2D eigenvalue weighted by Crippen LogP contribution is -2.51. The van der Waals surface area contributed by atoms with E-state index in [1.54, 1.807) is 0 Å². The summed E-state index contributed by atoms with van der Waals surface area (Å²) < 4.78 is 0. The lowest BCUT2D eigenvalue weighted by Gasteiger charge is -2.42. The molecule has 3 fully saturated rings. The van der Waals surface area contributed by atoms with E-state index >= 15 is 0 Å². The van der Waals surface area contributed by atoms with Crippen LogP contribution in [0.2, 0.25) is 0 Å². The number of piperidine rings is 1. The van der Waals surface area contributed by atoms with Crippen LogP contribution in [0.25, 0.3) is 0 Å². The van der Waals surface area contributed by atoms with Gasteiger partial charge in [0, 0.05) is 24.2 Å². The Morgan fingerprint density at radius 2 is 1.56 bits per heavy atom. The van der Waals surface area contributed by atoms with E-state index in [1.165, 1.54) is 64.2 Å². The Morgan fingerprint density at radius 1 is 0.889 bits per heavy atom. The molecule has 0 aromatic carbocycles. The van der Waals surface area contributed by atoms with E-state index in [0.717, 1.165) is 24.0 Å². The van der Waals surface area contributed by atoms with Crippen LogP contribution in [0, 0.1) is 5.92 Å². The van der Waals surface area contributed by atoms with Gasteiger partial charge in [0.25, 0.3) is 0 Å². The van der Waals surface area contributed by atoms with Crippen LogP contribution in [0.15, 0.2) is 0 Å². The molecule has 0 aromatic heterocycles. The van der Waals surface area contributed by atoms with Crippen molar-refractivity contribution in [1.29, 1.82) is 0 Å². The van der Waals surface area contributed by atoms with E-state index < -0.39 is 0 Å². The number of nitrogens with two attached hydrogens (primary N) is 1. The Bertz CT molecular complexity index is 264. The van der Waals surface area contributed by atoms with Gasteiger partial charge in [-0.2, -0.15) is 0 Å². The molecule has 3 rings (SSSR count). The Morgan fingerprint density at radius 3 is 2.22 bits per heavy atom. The zero-order valence-electron chi connectivity index (χ0n) is 12.0. The molecule has 1 saturated carbocycles. The molecule has 2 bridgehead atoms. The van der Waals surface area contributed by atoms with Crippen LogP contribution in [0.4, 0.5) is 0 Å². The summed E-state index contributed by atoms with van der Waals surface area (Å²) in [6.45, 7) is 2.37. The highest BCUT2D eigenvalue weighted by atomic mass is 15.2. The second-order valence-corrected chi connectivity index (χ2v) is 7.00. The summed E-state index contributed by atoms with van der Waals surface area (Å²) in [6.07, 6.45) is 14.1. The molecule has 1 aliphatic carbocycles. The van der Waals surface area contributed by atoms with Crippen LogP contribution in [0.1, 0.15) is 71.1 Å². The van der Waals surface area contributed by atoms with Crippen molar-refractivity contribution in [2.24, 2.45) is 11.7 Å². The minimum Gasteiger partial charge on any atom is -0.328 e. The van der Waals surface area contributed by atoms with Crippen LogP contribution >= 0.6 is 0 Å². The number of nitrogens with zero attached hydrogens (tertiary/aromatic N) is 1. The van der Waals surface area contributed by atoms with Crippen molar-refractivity contribution in [3.8, 4) is 0 Å². The fraction of sp³-hybridized carbons (Fsp3) is 1.00. The SMILES string of the molecule is CCC1CCCC(N2C3CCC2CC(N)C3)CC1. The fourth-order valence-electron chi connectivity index (χ4n) is 4.92. The predicted molar refractivity (Wildman–Crippen MR) is 76.5 cm³/mol. The molecule has 3 aliphatic rings. The number of rotatable bonds is 2. The van der Waals surface area contributed by atoms with E-state index in [9.17, 15) is 0 Å². The normalized spacial score (nSPS) is 46.0. The van der Waals surface area contributed by atoms with E-state index in [1.807, 2.05) is 0 Å². The lowest BCUT2D eigenvalue weighted by molar-refractivity contribution is 0.0687. The van der Waals surface area contributed by atoms with Gasteiger partial charge in [-0.3, -0.25) is 4.90 Å².